The van der Waals surface area contributed by atoms with Crippen LogP contribution >= 0.6 is 7.92 Å². The van der Waals surface area contributed by atoms with Crippen LogP contribution in [0.3, 0.4) is 0 Å². The molecular weight excluding hydrogens is 403 g/mol. The van der Waals surface area contributed by atoms with E-state index in [-0.39, 0.29) is 0 Å². The average molecular weight is 429 g/mol. The normalized spacial score (nSPS) is 10.9. The Balaban J connectivity index is 1.75. The van der Waals surface area contributed by atoms with Gasteiger partial charge in [-0.3, -0.25) is 0 Å². The molecule has 0 nitrogen and oxygen atoms in total. The molecule has 0 saturated carbocycles. The van der Waals surface area contributed by atoms with Crippen LogP contribution in [0.15, 0.2) is 133 Å². The molecule has 0 aliphatic rings. The van der Waals surface area contributed by atoms with Crippen molar-refractivity contribution in [3.05, 3.63) is 139 Å². The maximum Gasteiger partial charge on any atom is -0.00724 e. The van der Waals surface area contributed by atoms with Crippen molar-refractivity contribution in [1.29, 1.82) is 0 Å². The van der Waals surface area contributed by atoms with Gasteiger partial charge in [-0.1, -0.05) is 133 Å². The molecule has 5 aromatic carbocycles. The molecule has 32 heavy (non-hydrogen) atoms. The molecule has 0 N–H and O–H groups in total. The topological polar surface area (TPSA) is 0 Å². The van der Waals surface area contributed by atoms with Crippen molar-refractivity contribution in [3.63, 3.8) is 0 Å². The van der Waals surface area contributed by atoms with Crippen LogP contribution in [-0.4, -0.2) is 0 Å². The average Bonchev–Trinajstić information content (AvgIpc) is 2.86. The van der Waals surface area contributed by atoms with E-state index in [1.54, 1.807) is 0 Å². The smallest absolute Gasteiger partial charge is 0.00724 e. The summed E-state index contributed by atoms with van der Waals surface area (Å²) in [6, 6.07) is 48.3. The Morgan fingerprint density at radius 1 is 0.375 bits per heavy atom. The predicted octanol–water partition coefficient (Wildman–Crippen LogP) is 7.09. The number of aryl methyl sites for hydroxylation is 1. The van der Waals surface area contributed by atoms with Gasteiger partial charge < -0.3 is 0 Å². The molecule has 1 heteroatoms. The van der Waals surface area contributed by atoms with Gasteiger partial charge in [0.25, 0.3) is 0 Å². The Kier molecular flexibility index (Phi) is 5.97. The monoisotopic (exact) mass is 428 g/mol. The van der Waals surface area contributed by atoms with Crippen molar-refractivity contribution in [2.75, 3.05) is 0 Å². The minimum atomic E-state index is -0.679. The lowest BCUT2D eigenvalue weighted by Crippen LogP contribution is -2.22. The van der Waals surface area contributed by atoms with Crippen LogP contribution in [0.1, 0.15) is 5.56 Å². The molecule has 0 aliphatic heterocycles. The van der Waals surface area contributed by atoms with E-state index < -0.39 is 7.92 Å². The minimum absolute atomic E-state index is 0.679. The van der Waals surface area contributed by atoms with Crippen LogP contribution in [0.5, 0.6) is 0 Å². The lowest BCUT2D eigenvalue weighted by atomic mass is 9.92. The first-order valence-electron chi connectivity index (χ1n) is 11.0. The van der Waals surface area contributed by atoms with E-state index in [0.717, 1.165) is 0 Å². The summed E-state index contributed by atoms with van der Waals surface area (Å²) >= 11 is 0. The van der Waals surface area contributed by atoms with E-state index in [2.05, 4.69) is 140 Å². The highest BCUT2D eigenvalue weighted by atomic mass is 31.1. The van der Waals surface area contributed by atoms with E-state index in [9.17, 15) is 0 Å². The number of benzene rings is 5. The number of hydrogen-bond acceptors (Lipinski definition) is 0. The lowest BCUT2D eigenvalue weighted by molar-refractivity contribution is 1.46. The fourth-order valence-electron chi connectivity index (χ4n) is 4.31. The maximum atomic E-state index is 2.32. The Bertz CT molecular complexity index is 1280. The van der Waals surface area contributed by atoms with Crippen LogP contribution in [0.2, 0.25) is 0 Å². The van der Waals surface area contributed by atoms with Gasteiger partial charge in [0.2, 0.25) is 0 Å². The molecule has 0 aliphatic carbocycles. The third-order valence-electron chi connectivity index (χ3n) is 5.83. The second-order valence-electron chi connectivity index (χ2n) is 7.88. The van der Waals surface area contributed by atoms with Crippen molar-refractivity contribution in [3.8, 4) is 22.3 Å². The van der Waals surface area contributed by atoms with Gasteiger partial charge in [0.05, 0.1) is 0 Å². The molecule has 5 rings (SSSR count). The van der Waals surface area contributed by atoms with Gasteiger partial charge >= 0.3 is 0 Å². The zero-order valence-corrected chi connectivity index (χ0v) is 19.0. The number of hydrogen-bond donors (Lipinski definition) is 0. The maximum absolute atomic E-state index is 2.32. The minimum Gasteiger partial charge on any atom is -0.0622 e. The molecule has 0 spiro atoms. The summed E-state index contributed by atoms with van der Waals surface area (Å²) in [6.07, 6.45) is 0. The van der Waals surface area contributed by atoms with E-state index in [1.165, 1.54) is 43.7 Å². The van der Waals surface area contributed by atoms with Gasteiger partial charge in [-0.25, -0.2) is 0 Å². The van der Waals surface area contributed by atoms with Crippen molar-refractivity contribution >= 4 is 23.8 Å². The van der Waals surface area contributed by atoms with Crippen LogP contribution < -0.4 is 15.9 Å². The quantitative estimate of drug-likeness (QED) is 0.262. The molecule has 0 bridgehead atoms. The fourth-order valence-corrected chi connectivity index (χ4v) is 6.77. The summed E-state index contributed by atoms with van der Waals surface area (Å²) in [7, 11) is -0.679. The van der Waals surface area contributed by atoms with Gasteiger partial charge in [-0.15, -0.1) is 0 Å². The van der Waals surface area contributed by atoms with Gasteiger partial charge in [0.15, 0.2) is 0 Å². The third-order valence-corrected chi connectivity index (χ3v) is 8.33. The van der Waals surface area contributed by atoms with Crippen LogP contribution in [0, 0.1) is 6.92 Å². The SMILES string of the molecule is Cc1ccccc1-c1ccccc1-c1ccccc1P(c1ccccc1)c1ccccc1. The van der Waals surface area contributed by atoms with Crippen LogP contribution in [0.4, 0.5) is 0 Å². The highest BCUT2D eigenvalue weighted by molar-refractivity contribution is 7.80. The molecule has 0 heterocycles. The molecule has 0 amide bonds. The standard InChI is InChI=1S/C31H25P/c1-24-14-8-9-19-27(24)28-20-10-11-21-29(28)30-22-12-13-23-31(30)32(25-15-4-2-5-16-25)26-17-6-3-7-18-26/h2-23H,1H3. The summed E-state index contributed by atoms with van der Waals surface area (Å²) in [5, 5.41) is 4.13. The first kappa shape index (κ1) is 20.4. The van der Waals surface area contributed by atoms with Crippen molar-refractivity contribution in [2.24, 2.45) is 0 Å². The summed E-state index contributed by atoms with van der Waals surface area (Å²) in [5.41, 5.74) is 6.48. The molecule has 154 valence electrons. The summed E-state index contributed by atoms with van der Waals surface area (Å²) < 4.78 is 0. The van der Waals surface area contributed by atoms with Gasteiger partial charge in [0.1, 0.15) is 0 Å². The van der Waals surface area contributed by atoms with Gasteiger partial charge in [-0.2, -0.15) is 0 Å². The highest BCUT2D eigenvalue weighted by Gasteiger charge is 2.21. The summed E-state index contributed by atoms with van der Waals surface area (Å²) in [6.45, 7) is 2.19. The van der Waals surface area contributed by atoms with E-state index in [4.69, 9.17) is 0 Å². The first-order valence-corrected chi connectivity index (χ1v) is 12.3. The van der Waals surface area contributed by atoms with E-state index in [0.29, 0.717) is 0 Å². The van der Waals surface area contributed by atoms with Crippen molar-refractivity contribution < 1.29 is 0 Å². The summed E-state index contributed by atoms with van der Waals surface area (Å²) in [5.74, 6) is 0. The largest absolute Gasteiger partial charge is 0.0622 e. The molecule has 0 fully saturated rings. The fraction of sp³-hybridized carbons (Fsp3) is 0.0323. The van der Waals surface area contributed by atoms with Gasteiger partial charge in [-0.05, 0) is 58.6 Å². The zero-order chi connectivity index (χ0) is 21.8. The van der Waals surface area contributed by atoms with E-state index >= 15 is 0 Å². The van der Waals surface area contributed by atoms with Crippen molar-refractivity contribution in [2.45, 2.75) is 6.92 Å². The predicted molar refractivity (Wildman–Crippen MR) is 141 cm³/mol. The Morgan fingerprint density at radius 3 is 1.34 bits per heavy atom. The molecule has 0 atom stereocenters. The zero-order valence-electron chi connectivity index (χ0n) is 18.1. The van der Waals surface area contributed by atoms with Gasteiger partial charge in [0, 0.05) is 0 Å². The lowest BCUT2D eigenvalue weighted by Gasteiger charge is -2.23. The second-order valence-corrected chi connectivity index (χ2v) is 10.1. The molecule has 5 aromatic rings. The van der Waals surface area contributed by atoms with Crippen molar-refractivity contribution in [1.82, 2.24) is 0 Å². The Hall–Kier alpha value is -3.47. The molecule has 0 aromatic heterocycles. The number of rotatable bonds is 5. The van der Waals surface area contributed by atoms with E-state index in [1.807, 2.05) is 0 Å². The molecule has 0 radical (unpaired) electrons. The Labute approximate surface area is 192 Å². The van der Waals surface area contributed by atoms with Crippen LogP contribution in [-0.2, 0) is 0 Å². The molecule has 0 saturated heterocycles. The molecular formula is C31H25P. The highest BCUT2D eigenvalue weighted by Crippen LogP contribution is 2.40. The summed E-state index contributed by atoms with van der Waals surface area (Å²) in [4.78, 5) is 0. The second kappa shape index (κ2) is 9.35. The molecule has 0 unspecified atom stereocenters. The Morgan fingerprint density at radius 2 is 0.781 bits per heavy atom. The van der Waals surface area contributed by atoms with Crippen LogP contribution in [0.25, 0.3) is 22.3 Å². The third kappa shape index (κ3) is 4.03. The first-order chi connectivity index (χ1) is 15.8.